The third-order valence-corrected chi connectivity index (χ3v) is 3.31. The van der Waals surface area contributed by atoms with Crippen molar-refractivity contribution in [2.75, 3.05) is 0 Å². The predicted octanol–water partition coefficient (Wildman–Crippen LogP) is 2.88. The highest BCUT2D eigenvalue weighted by Gasteiger charge is 2.07. The van der Waals surface area contributed by atoms with Gasteiger partial charge >= 0.3 is 0 Å². The lowest BCUT2D eigenvalue weighted by molar-refractivity contribution is 0.948. The lowest BCUT2D eigenvalue weighted by atomic mass is 10.1. The second-order valence-electron chi connectivity index (χ2n) is 4.61. The maximum absolute atomic E-state index is 4.44. The van der Waals surface area contributed by atoms with E-state index in [0.717, 1.165) is 22.2 Å². The first-order valence-corrected chi connectivity index (χ1v) is 6.57. The van der Waals surface area contributed by atoms with Crippen molar-refractivity contribution in [1.29, 1.82) is 0 Å². The summed E-state index contributed by atoms with van der Waals surface area (Å²) in [5.41, 5.74) is 4.05. The van der Waals surface area contributed by atoms with Crippen molar-refractivity contribution >= 4 is 11.0 Å². The fourth-order valence-electron chi connectivity index (χ4n) is 2.30. The van der Waals surface area contributed by atoms with Gasteiger partial charge in [0.1, 0.15) is 6.33 Å². The molecule has 0 saturated carbocycles. The van der Waals surface area contributed by atoms with Crippen LogP contribution in [0.5, 0.6) is 0 Å². The van der Waals surface area contributed by atoms with E-state index in [9.17, 15) is 0 Å². The van der Waals surface area contributed by atoms with E-state index in [0.29, 0.717) is 5.95 Å². The average Bonchev–Trinajstić information content (AvgIpc) is 2.99. The Bertz CT molecular complexity index is 884. The number of fused-ring (bicyclic) bond motifs is 1. The molecule has 0 aliphatic rings. The van der Waals surface area contributed by atoms with Crippen molar-refractivity contribution in [1.82, 2.24) is 24.5 Å². The van der Waals surface area contributed by atoms with Gasteiger partial charge in [-0.1, -0.05) is 12.1 Å². The number of benzene rings is 1. The highest BCUT2D eigenvalue weighted by molar-refractivity contribution is 5.82. The molecule has 100 valence electrons. The van der Waals surface area contributed by atoms with Gasteiger partial charge in [0.05, 0.1) is 11.0 Å². The zero-order valence-electron chi connectivity index (χ0n) is 11.1. The largest absolute Gasteiger partial charge is 0.267 e. The van der Waals surface area contributed by atoms with Gasteiger partial charge in [0.25, 0.3) is 0 Å². The fraction of sp³-hybridized carbons (Fsp3) is 0. The van der Waals surface area contributed by atoms with Gasteiger partial charge in [-0.05, 0) is 29.8 Å². The van der Waals surface area contributed by atoms with Crippen LogP contribution in [0.2, 0.25) is 0 Å². The maximum atomic E-state index is 4.44. The molecule has 5 nitrogen and oxygen atoms in total. The monoisotopic (exact) mass is 273 g/mol. The summed E-state index contributed by atoms with van der Waals surface area (Å²) < 4.78 is 1.88. The molecule has 3 heterocycles. The summed E-state index contributed by atoms with van der Waals surface area (Å²) in [7, 11) is 0. The molecule has 0 amide bonds. The summed E-state index contributed by atoms with van der Waals surface area (Å²) in [5, 5.41) is 0. The summed E-state index contributed by atoms with van der Waals surface area (Å²) in [6, 6.07) is 11.9. The Balaban J connectivity index is 1.85. The van der Waals surface area contributed by atoms with E-state index in [1.165, 1.54) is 0 Å². The van der Waals surface area contributed by atoms with Crippen LogP contribution in [0.25, 0.3) is 28.1 Å². The summed E-state index contributed by atoms with van der Waals surface area (Å²) in [6.07, 6.45) is 8.80. The lowest BCUT2D eigenvalue weighted by Crippen LogP contribution is -1.97. The van der Waals surface area contributed by atoms with Gasteiger partial charge in [-0.2, -0.15) is 0 Å². The first-order chi connectivity index (χ1) is 10.4. The molecule has 0 fully saturated rings. The normalized spacial score (nSPS) is 10.9. The number of imidazole rings is 1. The molecular formula is C16H11N5. The van der Waals surface area contributed by atoms with Crippen molar-refractivity contribution in [3.63, 3.8) is 0 Å². The molecule has 0 N–H and O–H groups in total. The summed E-state index contributed by atoms with van der Waals surface area (Å²) >= 11 is 0. The number of nitrogens with zero attached hydrogens (tertiary/aromatic N) is 5. The number of rotatable bonds is 2. The topological polar surface area (TPSA) is 56.5 Å². The first kappa shape index (κ1) is 11.7. The second kappa shape index (κ2) is 4.79. The SMILES string of the molecule is c1cnc(-n2cnc3cc(-c4cccnc4)ccc32)nc1. The van der Waals surface area contributed by atoms with Crippen LogP contribution in [-0.4, -0.2) is 24.5 Å². The summed E-state index contributed by atoms with van der Waals surface area (Å²) in [6.45, 7) is 0. The highest BCUT2D eigenvalue weighted by Crippen LogP contribution is 2.23. The van der Waals surface area contributed by atoms with E-state index in [-0.39, 0.29) is 0 Å². The Morgan fingerprint density at radius 3 is 2.52 bits per heavy atom. The molecule has 1 aromatic carbocycles. The molecule has 0 aliphatic heterocycles. The maximum Gasteiger partial charge on any atom is 0.235 e. The van der Waals surface area contributed by atoms with Crippen molar-refractivity contribution in [2.24, 2.45) is 0 Å². The molecule has 3 aromatic heterocycles. The van der Waals surface area contributed by atoms with Crippen LogP contribution < -0.4 is 0 Å². The van der Waals surface area contributed by atoms with E-state index < -0.39 is 0 Å². The molecule has 0 radical (unpaired) electrons. The van der Waals surface area contributed by atoms with Gasteiger partial charge in [-0.3, -0.25) is 9.55 Å². The smallest absolute Gasteiger partial charge is 0.235 e. The van der Waals surface area contributed by atoms with Crippen LogP contribution in [0.3, 0.4) is 0 Å². The molecule has 4 aromatic rings. The van der Waals surface area contributed by atoms with Crippen molar-refractivity contribution in [3.8, 4) is 17.1 Å². The van der Waals surface area contributed by atoms with Crippen LogP contribution in [0.4, 0.5) is 0 Å². The van der Waals surface area contributed by atoms with Gasteiger partial charge < -0.3 is 0 Å². The van der Waals surface area contributed by atoms with Gasteiger partial charge in [-0.15, -0.1) is 0 Å². The zero-order chi connectivity index (χ0) is 14.1. The van der Waals surface area contributed by atoms with Gasteiger partial charge in [0, 0.05) is 30.4 Å². The van der Waals surface area contributed by atoms with E-state index in [4.69, 9.17) is 0 Å². The van der Waals surface area contributed by atoms with Crippen LogP contribution >= 0.6 is 0 Å². The zero-order valence-corrected chi connectivity index (χ0v) is 11.1. The second-order valence-corrected chi connectivity index (χ2v) is 4.61. The van der Waals surface area contributed by atoms with Gasteiger partial charge in [0.15, 0.2) is 0 Å². The summed E-state index contributed by atoms with van der Waals surface area (Å²) in [5.74, 6) is 0.620. The molecule has 0 atom stereocenters. The molecule has 0 unspecified atom stereocenters. The molecular weight excluding hydrogens is 262 g/mol. The Hall–Kier alpha value is -3.08. The van der Waals surface area contributed by atoms with Gasteiger partial charge in [-0.25, -0.2) is 15.0 Å². The number of pyridine rings is 1. The predicted molar refractivity (Wildman–Crippen MR) is 79.9 cm³/mol. The minimum absolute atomic E-state index is 0.620. The molecule has 0 saturated heterocycles. The standard InChI is InChI=1S/C16H11N5/c1-3-13(10-17-6-1)12-4-5-15-14(9-12)20-11-21(15)16-18-7-2-8-19-16/h1-11H. The molecule has 4 rings (SSSR count). The van der Waals surface area contributed by atoms with Crippen molar-refractivity contribution in [3.05, 3.63) is 67.5 Å². The van der Waals surface area contributed by atoms with Crippen molar-refractivity contribution < 1.29 is 0 Å². The average molecular weight is 273 g/mol. The Morgan fingerprint density at radius 1 is 0.810 bits per heavy atom. The van der Waals surface area contributed by atoms with E-state index >= 15 is 0 Å². The number of hydrogen-bond acceptors (Lipinski definition) is 4. The molecule has 0 aliphatic carbocycles. The third kappa shape index (κ3) is 2.04. The van der Waals surface area contributed by atoms with Crippen LogP contribution in [0, 0.1) is 0 Å². The molecule has 21 heavy (non-hydrogen) atoms. The fourth-order valence-corrected chi connectivity index (χ4v) is 2.30. The molecule has 5 heteroatoms. The Morgan fingerprint density at radius 2 is 1.71 bits per heavy atom. The van der Waals surface area contributed by atoms with Gasteiger partial charge in [0.2, 0.25) is 5.95 Å². The minimum Gasteiger partial charge on any atom is -0.267 e. The number of hydrogen-bond donors (Lipinski definition) is 0. The van der Waals surface area contributed by atoms with E-state index in [1.54, 1.807) is 31.0 Å². The minimum atomic E-state index is 0.620. The molecule has 0 bridgehead atoms. The third-order valence-electron chi connectivity index (χ3n) is 3.31. The lowest BCUT2D eigenvalue weighted by Gasteiger charge is -2.03. The Labute approximate surface area is 121 Å². The van der Waals surface area contributed by atoms with Crippen LogP contribution in [0.1, 0.15) is 0 Å². The quantitative estimate of drug-likeness (QED) is 0.563. The van der Waals surface area contributed by atoms with E-state index in [1.807, 2.05) is 35.0 Å². The highest BCUT2D eigenvalue weighted by atomic mass is 15.2. The van der Waals surface area contributed by atoms with Crippen molar-refractivity contribution in [2.45, 2.75) is 0 Å². The number of aromatic nitrogens is 5. The van der Waals surface area contributed by atoms with E-state index in [2.05, 4.69) is 26.0 Å². The first-order valence-electron chi connectivity index (χ1n) is 6.57. The molecule has 0 spiro atoms. The Kier molecular flexibility index (Phi) is 2.67. The summed E-state index contributed by atoms with van der Waals surface area (Å²) in [4.78, 5) is 17.1. The van der Waals surface area contributed by atoms with Crippen LogP contribution in [0.15, 0.2) is 67.5 Å². The van der Waals surface area contributed by atoms with Crippen LogP contribution in [-0.2, 0) is 0 Å².